The highest BCUT2D eigenvalue weighted by Crippen LogP contribution is 2.33. The summed E-state index contributed by atoms with van der Waals surface area (Å²) in [4.78, 5) is 22.8. The normalized spacial score (nSPS) is 15.3. The second-order valence-corrected chi connectivity index (χ2v) is 5.84. The number of carboxylic acids is 1. The van der Waals surface area contributed by atoms with E-state index in [0.717, 1.165) is 12.8 Å². The Hall–Kier alpha value is -1.46. The number of carbonyl (C=O) groups is 2. The van der Waals surface area contributed by atoms with E-state index in [1.165, 1.54) is 6.07 Å². The van der Waals surface area contributed by atoms with Crippen molar-refractivity contribution in [3.63, 3.8) is 0 Å². The molecule has 0 bridgehead atoms. The van der Waals surface area contributed by atoms with E-state index in [1.807, 2.05) is 0 Å². The Morgan fingerprint density at radius 2 is 2.10 bits per heavy atom. The third-order valence-corrected chi connectivity index (χ3v) is 3.68. The first-order valence-corrected chi connectivity index (χ1v) is 7.31. The molecular weight excluding hydrogens is 317 g/mol. The first kappa shape index (κ1) is 15.9. The van der Waals surface area contributed by atoms with Gasteiger partial charge in [0.1, 0.15) is 11.8 Å². The highest BCUT2D eigenvalue weighted by atomic mass is 35.5. The largest absolute Gasteiger partial charge is 0.482 e. The fourth-order valence-corrected chi connectivity index (χ4v) is 2.34. The van der Waals surface area contributed by atoms with Crippen molar-refractivity contribution in [2.45, 2.75) is 25.3 Å². The molecule has 0 saturated heterocycles. The summed E-state index contributed by atoms with van der Waals surface area (Å²) in [6, 6.07) is 3.78. The molecular formula is C14H15Cl2NO4. The lowest BCUT2D eigenvalue weighted by Gasteiger charge is -2.14. The topological polar surface area (TPSA) is 75.6 Å². The fourth-order valence-electron chi connectivity index (χ4n) is 1.88. The number of halogens is 2. The second kappa shape index (κ2) is 7.00. The van der Waals surface area contributed by atoms with E-state index < -0.39 is 17.9 Å². The molecule has 2 N–H and O–H groups in total. The molecule has 7 heteroatoms. The van der Waals surface area contributed by atoms with Crippen molar-refractivity contribution in [2.24, 2.45) is 5.92 Å². The molecule has 1 aromatic rings. The van der Waals surface area contributed by atoms with Gasteiger partial charge in [0.25, 0.3) is 5.91 Å². The molecule has 1 amide bonds. The van der Waals surface area contributed by atoms with E-state index in [-0.39, 0.29) is 6.61 Å². The van der Waals surface area contributed by atoms with Gasteiger partial charge in [0.15, 0.2) is 6.61 Å². The summed E-state index contributed by atoms with van der Waals surface area (Å²) in [6.45, 7) is -0.296. The third kappa shape index (κ3) is 5.10. The van der Waals surface area contributed by atoms with E-state index in [1.54, 1.807) is 12.1 Å². The molecule has 21 heavy (non-hydrogen) atoms. The maximum absolute atomic E-state index is 11.7. The number of aliphatic carboxylic acids is 1. The van der Waals surface area contributed by atoms with Crippen LogP contribution in [0.25, 0.3) is 0 Å². The van der Waals surface area contributed by atoms with Crippen LogP contribution in [-0.2, 0) is 9.59 Å². The van der Waals surface area contributed by atoms with Crippen LogP contribution in [0, 0.1) is 5.92 Å². The van der Waals surface area contributed by atoms with Crippen molar-refractivity contribution in [3.8, 4) is 5.75 Å². The zero-order chi connectivity index (χ0) is 15.4. The van der Waals surface area contributed by atoms with Crippen LogP contribution < -0.4 is 10.1 Å². The highest BCUT2D eigenvalue weighted by Gasteiger charge is 2.30. The van der Waals surface area contributed by atoms with Crippen molar-refractivity contribution in [2.75, 3.05) is 6.61 Å². The van der Waals surface area contributed by atoms with Crippen LogP contribution in [0.3, 0.4) is 0 Å². The number of hydrogen-bond donors (Lipinski definition) is 2. The van der Waals surface area contributed by atoms with Gasteiger partial charge < -0.3 is 15.2 Å². The summed E-state index contributed by atoms with van der Waals surface area (Å²) in [5.74, 6) is -0.794. The summed E-state index contributed by atoms with van der Waals surface area (Å²) < 4.78 is 5.26. The maximum atomic E-state index is 11.7. The Labute approximate surface area is 132 Å². The lowest BCUT2D eigenvalue weighted by Crippen LogP contribution is -2.43. The van der Waals surface area contributed by atoms with Crippen LogP contribution in [0.2, 0.25) is 10.0 Å². The molecule has 0 aliphatic heterocycles. The molecule has 1 aromatic carbocycles. The Balaban J connectivity index is 1.84. The fraction of sp³-hybridized carbons (Fsp3) is 0.429. The first-order valence-electron chi connectivity index (χ1n) is 6.55. The summed E-state index contributed by atoms with van der Waals surface area (Å²) in [7, 11) is 0. The van der Waals surface area contributed by atoms with Gasteiger partial charge in [-0.1, -0.05) is 36.0 Å². The molecule has 1 aliphatic carbocycles. The zero-order valence-electron chi connectivity index (χ0n) is 11.1. The summed E-state index contributed by atoms with van der Waals surface area (Å²) in [5.41, 5.74) is 0. The number of nitrogens with one attached hydrogen (secondary N) is 1. The number of carbonyl (C=O) groups excluding carboxylic acids is 1. The van der Waals surface area contributed by atoms with E-state index in [2.05, 4.69) is 5.32 Å². The third-order valence-electron chi connectivity index (χ3n) is 3.15. The molecule has 1 unspecified atom stereocenters. The van der Waals surface area contributed by atoms with Crippen molar-refractivity contribution < 1.29 is 19.4 Å². The van der Waals surface area contributed by atoms with Crippen LogP contribution >= 0.6 is 23.2 Å². The molecule has 0 aromatic heterocycles. The summed E-state index contributed by atoms with van der Waals surface area (Å²) >= 11 is 11.7. The minimum atomic E-state index is -1.03. The van der Waals surface area contributed by atoms with Gasteiger partial charge in [0, 0.05) is 5.02 Å². The monoisotopic (exact) mass is 331 g/mol. The van der Waals surface area contributed by atoms with E-state index in [9.17, 15) is 9.59 Å². The predicted octanol–water partition coefficient (Wildman–Crippen LogP) is 2.74. The minimum Gasteiger partial charge on any atom is -0.482 e. The Morgan fingerprint density at radius 3 is 2.67 bits per heavy atom. The van der Waals surface area contributed by atoms with Crippen LogP contribution in [0.4, 0.5) is 0 Å². The van der Waals surface area contributed by atoms with Crippen molar-refractivity contribution >= 4 is 35.1 Å². The molecule has 1 saturated carbocycles. The molecule has 0 spiro atoms. The van der Waals surface area contributed by atoms with Gasteiger partial charge in [-0.3, -0.25) is 4.79 Å². The van der Waals surface area contributed by atoms with Gasteiger partial charge in [-0.05, 0) is 30.5 Å². The Bertz CT molecular complexity index is 546. The first-order chi connectivity index (χ1) is 9.95. The standard InChI is InChI=1S/C14H15Cl2NO4/c15-9-3-4-12(10(16)6-9)21-7-13(18)17-11(14(19)20)5-8-1-2-8/h3-4,6,8,11H,1-2,5,7H2,(H,17,18)(H,19,20). The quantitative estimate of drug-likeness (QED) is 0.805. The Kier molecular flexibility index (Phi) is 5.31. The zero-order valence-corrected chi connectivity index (χ0v) is 12.7. The number of hydrogen-bond acceptors (Lipinski definition) is 3. The van der Waals surface area contributed by atoms with E-state index in [0.29, 0.717) is 28.1 Å². The number of benzene rings is 1. The number of carboxylic acid groups (broad SMARTS) is 1. The lowest BCUT2D eigenvalue weighted by molar-refractivity contribution is -0.142. The van der Waals surface area contributed by atoms with E-state index >= 15 is 0 Å². The van der Waals surface area contributed by atoms with Crippen LogP contribution in [0.1, 0.15) is 19.3 Å². The second-order valence-electron chi connectivity index (χ2n) is 5.00. The molecule has 2 rings (SSSR count). The summed E-state index contributed by atoms with van der Waals surface area (Å²) in [6.07, 6.45) is 2.51. The molecule has 1 fully saturated rings. The van der Waals surface area contributed by atoms with Gasteiger partial charge in [-0.25, -0.2) is 4.79 Å². The van der Waals surface area contributed by atoms with Gasteiger partial charge in [-0.2, -0.15) is 0 Å². The van der Waals surface area contributed by atoms with Crippen LogP contribution in [-0.4, -0.2) is 29.6 Å². The average Bonchev–Trinajstić information content (AvgIpc) is 3.21. The number of amides is 1. The molecule has 114 valence electrons. The van der Waals surface area contributed by atoms with Crippen LogP contribution in [0.15, 0.2) is 18.2 Å². The van der Waals surface area contributed by atoms with Crippen molar-refractivity contribution in [1.29, 1.82) is 0 Å². The SMILES string of the molecule is O=C(COc1ccc(Cl)cc1Cl)NC(CC1CC1)C(=O)O. The van der Waals surface area contributed by atoms with E-state index in [4.69, 9.17) is 33.0 Å². The number of rotatable bonds is 7. The predicted molar refractivity (Wildman–Crippen MR) is 78.9 cm³/mol. The lowest BCUT2D eigenvalue weighted by atomic mass is 10.1. The number of ether oxygens (including phenoxy) is 1. The smallest absolute Gasteiger partial charge is 0.326 e. The minimum absolute atomic E-state index is 0.295. The highest BCUT2D eigenvalue weighted by molar-refractivity contribution is 6.35. The molecule has 5 nitrogen and oxygen atoms in total. The molecule has 1 aliphatic rings. The summed E-state index contributed by atoms with van der Waals surface area (Å²) in [5, 5.41) is 12.3. The van der Waals surface area contributed by atoms with Gasteiger partial charge in [0.2, 0.25) is 0 Å². The van der Waals surface area contributed by atoms with Gasteiger partial charge in [-0.15, -0.1) is 0 Å². The molecule has 0 radical (unpaired) electrons. The molecule has 1 atom stereocenters. The molecule has 0 heterocycles. The van der Waals surface area contributed by atoms with Crippen molar-refractivity contribution in [1.82, 2.24) is 5.32 Å². The van der Waals surface area contributed by atoms with Crippen LogP contribution in [0.5, 0.6) is 5.75 Å². The van der Waals surface area contributed by atoms with Crippen molar-refractivity contribution in [3.05, 3.63) is 28.2 Å². The average molecular weight is 332 g/mol. The van der Waals surface area contributed by atoms with Gasteiger partial charge in [0.05, 0.1) is 5.02 Å². The maximum Gasteiger partial charge on any atom is 0.326 e. The van der Waals surface area contributed by atoms with Gasteiger partial charge >= 0.3 is 5.97 Å². The Morgan fingerprint density at radius 1 is 1.38 bits per heavy atom.